The Morgan fingerprint density at radius 1 is 1.17 bits per heavy atom. The predicted molar refractivity (Wildman–Crippen MR) is 111 cm³/mol. The molecule has 1 saturated heterocycles. The third kappa shape index (κ3) is 7.67. The fraction of sp³-hybridized carbons (Fsp3) is 0.348. The Labute approximate surface area is 176 Å². The molecule has 0 radical (unpaired) electrons. The number of allylic oxidation sites excluding steroid dienone is 4. The van der Waals surface area contributed by atoms with Crippen molar-refractivity contribution in [1.29, 1.82) is 0 Å². The summed E-state index contributed by atoms with van der Waals surface area (Å²) in [5.41, 5.74) is 0.310. The Kier molecular flexibility index (Phi) is 8.55. The van der Waals surface area contributed by atoms with E-state index in [1.54, 1.807) is 30.4 Å². The Hall–Kier alpha value is -3.19. The van der Waals surface area contributed by atoms with Crippen LogP contribution in [0.2, 0.25) is 0 Å². The van der Waals surface area contributed by atoms with E-state index in [1.807, 2.05) is 37.3 Å². The SMILES string of the molecule is COC(=O)/C=C/C=C/C=C/[C@@H](OC(=O)[C@@H](Cc1ccccc1)NC(C)=O)[C@]1(C)CO1. The summed E-state index contributed by atoms with van der Waals surface area (Å²) >= 11 is 0. The molecule has 0 unspecified atom stereocenters. The number of hydrogen-bond acceptors (Lipinski definition) is 6. The Morgan fingerprint density at radius 3 is 2.43 bits per heavy atom. The van der Waals surface area contributed by atoms with E-state index in [0.29, 0.717) is 13.0 Å². The lowest BCUT2D eigenvalue weighted by molar-refractivity contribution is -0.153. The number of ether oxygens (including phenoxy) is 3. The summed E-state index contributed by atoms with van der Waals surface area (Å²) in [6.07, 6.45) is 9.29. The van der Waals surface area contributed by atoms with Crippen molar-refractivity contribution in [3.63, 3.8) is 0 Å². The van der Waals surface area contributed by atoms with Gasteiger partial charge in [0.05, 0.1) is 13.7 Å². The molecule has 1 heterocycles. The number of esters is 2. The fourth-order valence-electron chi connectivity index (χ4n) is 2.64. The summed E-state index contributed by atoms with van der Waals surface area (Å²) in [7, 11) is 1.30. The Morgan fingerprint density at radius 2 is 1.83 bits per heavy atom. The van der Waals surface area contributed by atoms with Crippen LogP contribution in [0.5, 0.6) is 0 Å². The normalized spacial score (nSPS) is 20.2. The van der Waals surface area contributed by atoms with Crippen molar-refractivity contribution >= 4 is 17.8 Å². The maximum absolute atomic E-state index is 12.8. The monoisotopic (exact) mass is 413 g/mol. The minimum absolute atomic E-state index is 0.311. The maximum Gasteiger partial charge on any atom is 0.330 e. The van der Waals surface area contributed by atoms with E-state index in [2.05, 4.69) is 10.1 Å². The average molecular weight is 413 g/mol. The maximum atomic E-state index is 12.8. The zero-order valence-electron chi connectivity index (χ0n) is 17.4. The first-order chi connectivity index (χ1) is 14.3. The lowest BCUT2D eigenvalue weighted by Gasteiger charge is -2.22. The van der Waals surface area contributed by atoms with Gasteiger partial charge in [-0.2, -0.15) is 0 Å². The number of epoxide rings is 1. The number of amides is 1. The lowest BCUT2D eigenvalue weighted by Crippen LogP contribution is -2.45. The van der Waals surface area contributed by atoms with E-state index in [4.69, 9.17) is 9.47 Å². The van der Waals surface area contributed by atoms with E-state index in [9.17, 15) is 14.4 Å². The van der Waals surface area contributed by atoms with Crippen LogP contribution < -0.4 is 5.32 Å². The molecule has 160 valence electrons. The van der Waals surface area contributed by atoms with Crippen molar-refractivity contribution in [3.05, 3.63) is 72.4 Å². The number of methoxy groups -OCH3 is 1. The van der Waals surface area contributed by atoms with Gasteiger partial charge in [-0.3, -0.25) is 4.79 Å². The van der Waals surface area contributed by atoms with Gasteiger partial charge >= 0.3 is 11.9 Å². The first kappa shape index (κ1) is 23.1. The smallest absolute Gasteiger partial charge is 0.330 e. The molecular weight excluding hydrogens is 386 g/mol. The topological polar surface area (TPSA) is 94.2 Å². The molecule has 2 rings (SSSR count). The lowest BCUT2D eigenvalue weighted by atomic mass is 10.0. The number of nitrogens with one attached hydrogen (secondary N) is 1. The van der Waals surface area contributed by atoms with Crippen LogP contribution >= 0.6 is 0 Å². The van der Waals surface area contributed by atoms with Crippen LogP contribution in [0, 0.1) is 0 Å². The molecule has 7 heteroatoms. The first-order valence-electron chi connectivity index (χ1n) is 9.59. The van der Waals surface area contributed by atoms with Crippen LogP contribution in [0.3, 0.4) is 0 Å². The van der Waals surface area contributed by atoms with Gasteiger partial charge in [0.25, 0.3) is 0 Å². The van der Waals surface area contributed by atoms with Gasteiger partial charge in [0.15, 0.2) is 6.10 Å². The highest BCUT2D eigenvalue weighted by Crippen LogP contribution is 2.33. The fourth-order valence-corrected chi connectivity index (χ4v) is 2.64. The molecule has 1 aromatic carbocycles. The highest BCUT2D eigenvalue weighted by Gasteiger charge is 2.48. The summed E-state index contributed by atoms with van der Waals surface area (Å²) in [6.45, 7) is 3.67. The number of carbonyl (C=O) groups excluding carboxylic acids is 3. The summed E-state index contributed by atoms with van der Waals surface area (Å²) < 4.78 is 15.6. The second-order valence-electron chi connectivity index (χ2n) is 7.05. The quantitative estimate of drug-likeness (QED) is 0.274. The largest absolute Gasteiger partial charge is 0.466 e. The van der Waals surface area contributed by atoms with Crippen molar-refractivity contribution in [1.82, 2.24) is 5.32 Å². The van der Waals surface area contributed by atoms with Crippen molar-refractivity contribution in [3.8, 4) is 0 Å². The summed E-state index contributed by atoms with van der Waals surface area (Å²) in [4.78, 5) is 35.4. The van der Waals surface area contributed by atoms with Crippen molar-refractivity contribution < 1.29 is 28.6 Å². The molecule has 1 aliphatic heterocycles. The zero-order valence-corrected chi connectivity index (χ0v) is 17.4. The molecule has 1 fully saturated rings. The van der Waals surface area contributed by atoms with Gasteiger partial charge in [0, 0.05) is 19.4 Å². The van der Waals surface area contributed by atoms with Crippen LogP contribution in [0.15, 0.2) is 66.8 Å². The predicted octanol–water partition coefficient (Wildman–Crippen LogP) is 2.28. The highest BCUT2D eigenvalue weighted by atomic mass is 16.6. The highest BCUT2D eigenvalue weighted by molar-refractivity contribution is 5.83. The summed E-state index contributed by atoms with van der Waals surface area (Å²) in [5, 5.41) is 2.66. The Balaban J connectivity index is 2.04. The van der Waals surface area contributed by atoms with Gasteiger partial charge in [0.1, 0.15) is 11.6 Å². The van der Waals surface area contributed by atoms with Crippen LogP contribution in [-0.4, -0.2) is 49.3 Å². The standard InChI is InChI=1S/C23H27NO6/c1-17(25)24-19(15-18-11-7-6-8-12-18)22(27)30-20(23(2)16-29-23)13-9-4-5-10-14-21(26)28-3/h4-14,19-20H,15-16H2,1-3H3,(H,24,25)/b5-4+,13-9+,14-10+/t19-,20-,23+/m1/s1. The number of benzene rings is 1. The molecule has 3 atom stereocenters. The minimum atomic E-state index is -0.804. The molecule has 1 amide bonds. The van der Waals surface area contributed by atoms with Crippen LogP contribution in [0.4, 0.5) is 0 Å². The number of hydrogen-bond donors (Lipinski definition) is 1. The third-order valence-electron chi connectivity index (χ3n) is 4.44. The third-order valence-corrected chi connectivity index (χ3v) is 4.44. The molecule has 0 aliphatic carbocycles. The second-order valence-corrected chi connectivity index (χ2v) is 7.05. The van der Waals surface area contributed by atoms with E-state index >= 15 is 0 Å². The van der Waals surface area contributed by atoms with E-state index in [0.717, 1.165) is 5.56 Å². The molecule has 0 spiro atoms. The van der Waals surface area contributed by atoms with Gasteiger partial charge in [-0.25, -0.2) is 9.59 Å². The van der Waals surface area contributed by atoms with Gasteiger partial charge in [0.2, 0.25) is 5.91 Å². The van der Waals surface area contributed by atoms with Gasteiger partial charge in [-0.15, -0.1) is 0 Å². The van der Waals surface area contributed by atoms with E-state index in [1.165, 1.54) is 20.1 Å². The Bertz CT molecular complexity index is 823. The molecule has 7 nitrogen and oxygen atoms in total. The molecule has 30 heavy (non-hydrogen) atoms. The van der Waals surface area contributed by atoms with Crippen LogP contribution in [0.25, 0.3) is 0 Å². The van der Waals surface area contributed by atoms with Crippen molar-refractivity contribution in [2.24, 2.45) is 0 Å². The molecule has 1 aromatic rings. The van der Waals surface area contributed by atoms with Crippen LogP contribution in [0.1, 0.15) is 19.4 Å². The number of carbonyl (C=O) groups is 3. The first-order valence-corrected chi connectivity index (χ1v) is 9.59. The van der Waals surface area contributed by atoms with E-state index in [-0.39, 0.29) is 5.91 Å². The van der Waals surface area contributed by atoms with Crippen molar-refractivity contribution in [2.45, 2.75) is 38.0 Å². The number of rotatable bonds is 10. The van der Waals surface area contributed by atoms with Crippen LogP contribution in [-0.2, 0) is 35.0 Å². The molecule has 0 saturated carbocycles. The van der Waals surface area contributed by atoms with Crippen molar-refractivity contribution in [2.75, 3.05) is 13.7 Å². The van der Waals surface area contributed by atoms with E-state index < -0.39 is 29.7 Å². The van der Waals surface area contributed by atoms with Gasteiger partial charge < -0.3 is 19.5 Å². The van der Waals surface area contributed by atoms with Gasteiger partial charge in [-0.05, 0) is 18.6 Å². The molecule has 1 aliphatic rings. The molecule has 0 bridgehead atoms. The summed E-state index contributed by atoms with van der Waals surface area (Å²) in [6, 6.07) is 8.60. The second kappa shape index (κ2) is 11.1. The molecule has 1 N–H and O–H groups in total. The summed E-state index contributed by atoms with van der Waals surface area (Å²) in [5.74, 6) is -1.29. The molecule has 0 aromatic heterocycles. The minimum Gasteiger partial charge on any atom is -0.466 e. The molecular formula is C23H27NO6. The zero-order chi connectivity index (χ0) is 22.0. The van der Waals surface area contributed by atoms with Gasteiger partial charge in [-0.1, -0.05) is 54.6 Å². The average Bonchev–Trinajstić information content (AvgIpc) is 3.47.